The van der Waals surface area contributed by atoms with Crippen LogP contribution in [0.3, 0.4) is 0 Å². The summed E-state index contributed by atoms with van der Waals surface area (Å²) < 4.78 is 36.2. The van der Waals surface area contributed by atoms with E-state index in [1.54, 1.807) is 0 Å². The lowest BCUT2D eigenvalue weighted by Crippen LogP contribution is -2.30. The van der Waals surface area contributed by atoms with E-state index < -0.39 is 40.2 Å². The standard InChI is InChI=1S/C17H14F2N2O6/c1-9(16(22)20-13-5-4-11(18)8-12(13)19)27-15-6-3-10(17(23)26-2)7-14(15)21(24)25/h3-9H,1-2H3,(H,20,22)/t9-/m0/s1. The third-order valence-corrected chi connectivity index (χ3v) is 3.44. The maximum absolute atomic E-state index is 13.6. The van der Waals surface area contributed by atoms with Gasteiger partial charge in [-0.2, -0.15) is 0 Å². The van der Waals surface area contributed by atoms with Gasteiger partial charge < -0.3 is 14.8 Å². The molecule has 0 aromatic heterocycles. The molecule has 2 aromatic rings. The molecule has 1 N–H and O–H groups in total. The Morgan fingerprint density at radius 1 is 1.19 bits per heavy atom. The summed E-state index contributed by atoms with van der Waals surface area (Å²) in [6.45, 7) is 1.29. The number of nitrogens with one attached hydrogen (secondary N) is 1. The van der Waals surface area contributed by atoms with Crippen molar-refractivity contribution in [2.24, 2.45) is 0 Å². The lowest BCUT2D eigenvalue weighted by molar-refractivity contribution is -0.386. The van der Waals surface area contributed by atoms with E-state index in [2.05, 4.69) is 10.1 Å². The van der Waals surface area contributed by atoms with Crippen molar-refractivity contribution < 1.29 is 32.8 Å². The second-order valence-corrected chi connectivity index (χ2v) is 5.30. The summed E-state index contributed by atoms with van der Waals surface area (Å²) in [7, 11) is 1.12. The van der Waals surface area contributed by atoms with Crippen LogP contribution in [0, 0.1) is 21.7 Å². The molecule has 0 saturated heterocycles. The number of amides is 1. The SMILES string of the molecule is COC(=O)c1ccc(O[C@@H](C)C(=O)Nc2ccc(F)cc2F)c([N+](=O)[O-])c1. The van der Waals surface area contributed by atoms with Crippen LogP contribution >= 0.6 is 0 Å². The third kappa shape index (κ3) is 4.75. The van der Waals surface area contributed by atoms with Crippen molar-refractivity contribution in [3.8, 4) is 5.75 Å². The molecule has 0 aliphatic rings. The summed E-state index contributed by atoms with van der Waals surface area (Å²) in [5.74, 6) is -3.65. The number of benzene rings is 2. The summed E-state index contributed by atoms with van der Waals surface area (Å²) in [5.41, 5.74) is -0.889. The Bertz CT molecular complexity index is 903. The highest BCUT2D eigenvalue weighted by Gasteiger charge is 2.24. The Hall–Kier alpha value is -3.56. The van der Waals surface area contributed by atoms with Crippen LogP contribution in [0.2, 0.25) is 0 Å². The first kappa shape index (κ1) is 19.8. The molecule has 2 rings (SSSR count). The van der Waals surface area contributed by atoms with Crippen LogP contribution in [0.25, 0.3) is 0 Å². The van der Waals surface area contributed by atoms with E-state index in [-0.39, 0.29) is 17.0 Å². The fourth-order valence-corrected chi connectivity index (χ4v) is 2.07. The number of halogens is 2. The van der Waals surface area contributed by atoms with E-state index in [4.69, 9.17) is 4.74 Å². The number of nitrogens with zero attached hydrogens (tertiary/aromatic N) is 1. The van der Waals surface area contributed by atoms with Crippen molar-refractivity contribution in [1.29, 1.82) is 0 Å². The molecule has 27 heavy (non-hydrogen) atoms. The van der Waals surface area contributed by atoms with Gasteiger partial charge in [-0.25, -0.2) is 13.6 Å². The molecule has 1 amide bonds. The molecule has 2 aromatic carbocycles. The molecular formula is C17H14F2N2O6. The Morgan fingerprint density at radius 2 is 1.89 bits per heavy atom. The number of anilines is 1. The third-order valence-electron chi connectivity index (χ3n) is 3.44. The van der Waals surface area contributed by atoms with Crippen LogP contribution in [0.1, 0.15) is 17.3 Å². The van der Waals surface area contributed by atoms with Crippen LogP contribution < -0.4 is 10.1 Å². The van der Waals surface area contributed by atoms with Gasteiger partial charge in [-0.1, -0.05) is 0 Å². The average molecular weight is 380 g/mol. The fourth-order valence-electron chi connectivity index (χ4n) is 2.07. The number of ether oxygens (including phenoxy) is 2. The highest BCUT2D eigenvalue weighted by atomic mass is 19.1. The van der Waals surface area contributed by atoms with Crippen LogP contribution in [0.5, 0.6) is 5.75 Å². The monoisotopic (exact) mass is 380 g/mol. The highest BCUT2D eigenvalue weighted by Crippen LogP contribution is 2.29. The normalized spacial score (nSPS) is 11.4. The van der Waals surface area contributed by atoms with E-state index in [0.717, 1.165) is 31.4 Å². The molecule has 0 heterocycles. The maximum atomic E-state index is 13.6. The minimum atomic E-state index is -1.25. The Labute approximate surface area is 151 Å². The molecule has 1 atom stereocenters. The predicted molar refractivity (Wildman–Crippen MR) is 89.5 cm³/mol. The van der Waals surface area contributed by atoms with Crippen molar-refractivity contribution in [3.05, 3.63) is 63.7 Å². The number of nitro benzene ring substituents is 1. The fraction of sp³-hybridized carbons (Fsp3) is 0.176. The van der Waals surface area contributed by atoms with Crippen LogP contribution in [-0.2, 0) is 9.53 Å². The number of methoxy groups -OCH3 is 1. The van der Waals surface area contributed by atoms with E-state index in [1.807, 2.05) is 0 Å². The maximum Gasteiger partial charge on any atom is 0.338 e. The number of rotatable bonds is 6. The molecule has 0 spiro atoms. The summed E-state index contributed by atoms with van der Waals surface area (Å²) >= 11 is 0. The number of carbonyl (C=O) groups excluding carboxylic acids is 2. The van der Waals surface area contributed by atoms with Gasteiger partial charge >= 0.3 is 11.7 Å². The van der Waals surface area contributed by atoms with Crippen LogP contribution in [0.4, 0.5) is 20.2 Å². The summed E-state index contributed by atoms with van der Waals surface area (Å²) in [6.07, 6.45) is -1.25. The van der Waals surface area contributed by atoms with Crippen molar-refractivity contribution in [2.75, 3.05) is 12.4 Å². The first-order valence-corrected chi connectivity index (χ1v) is 7.52. The first-order valence-electron chi connectivity index (χ1n) is 7.52. The topological polar surface area (TPSA) is 108 Å². The van der Waals surface area contributed by atoms with Gasteiger partial charge in [0.25, 0.3) is 5.91 Å². The van der Waals surface area contributed by atoms with Gasteiger partial charge in [-0.05, 0) is 31.2 Å². The minimum Gasteiger partial charge on any atom is -0.474 e. The molecule has 0 bridgehead atoms. The van der Waals surface area contributed by atoms with Gasteiger partial charge in [-0.3, -0.25) is 14.9 Å². The minimum absolute atomic E-state index is 0.0676. The Morgan fingerprint density at radius 3 is 2.48 bits per heavy atom. The molecule has 8 nitrogen and oxygen atoms in total. The Balaban J connectivity index is 2.18. The molecule has 142 valence electrons. The molecule has 0 aliphatic carbocycles. The van der Waals surface area contributed by atoms with Gasteiger partial charge in [0.2, 0.25) is 0 Å². The summed E-state index contributed by atoms with van der Waals surface area (Å²) in [6, 6.07) is 5.91. The predicted octanol–water partition coefficient (Wildman–Crippen LogP) is 3.07. The zero-order valence-corrected chi connectivity index (χ0v) is 14.2. The highest BCUT2D eigenvalue weighted by molar-refractivity contribution is 5.94. The smallest absolute Gasteiger partial charge is 0.338 e. The van der Waals surface area contributed by atoms with Gasteiger partial charge in [0.05, 0.1) is 23.3 Å². The molecule has 0 saturated carbocycles. The quantitative estimate of drug-likeness (QED) is 0.469. The molecule has 0 aliphatic heterocycles. The number of hydrogen-bond acceptors (Lipinski definition) is 6. The van der Waals surface area contributed by atoms with Gasteiger partial charge in [0.1, 0.15) is 11.6 Å². The van der Waals surface area contributed by atoms with Crippen molar-refractivity contribution >= 4 is 23.3 Å². The first-order chi connectivity index (χ1) is 12.7. The van der Waals surface area contributed by atoms with Crippen LogP contribution in [0.15, 0.2) is 36.4 Å². The van der Waals surface area contributed by atoms with Crippen molar-refractivity contribution in [1.82, 2.24) is 0 Å². The lowest BCUT2D eigenvalue weighted by Gasteiger charge is -2.15. The molecule has 0 unspecified atom stereocenters. The molecule has 0 fully saturated rings. The van der Waals surface area contributed by atoms with Crippen LogP contribution in [-0.4, -0.2) is 30.0 Å². The number of esters is 1. The Kier molecular flexibility index (Phi) is 6.01. The molecular weight excluding hydrogens is 366 g/mol. The largest absolute Gasteiger partial charge is 0.474 e. The molecule has 10 heteroatoms. The van der Waals surface area contributed by atoms with Gasteiger partial charge in [0.15, 0.2) is 11.9 Å². The second kappa shape index (κ2) is 8.21. The van der Waals surface area contributed by atoms with E-state index in [1.165, 1.54) is 13.0 Å². The van der Waals surface area contributed by atoms with E-state index >= 15 is 0 Å². The van der Waals surface area contributed by atoms with Crippen molar-refractivity contribution in [2.45, 2.75) is 13.0 Å². The van der Waals surface area contributed by atoms with Gasteiger partial charge in [0, 0.05) is 12.1 Å². The lowest BCUT2D eigenvalue weighted by atomic mass is 10.2. The average Bonchev–Trinajstić information content (AvgIpc) is 2.63. The number of nitro groups is 1. The van der Waals surface area contributed by atoms with Crippen molar-refractivity contribution in [3.63, 3.8) is 0 Å². The van der Waals surface area contributed by atoms with Gasteiger partial charge in [-0.15, -0.1) is 0 Å². The van der Waals surface area contributed by atoms with E-state index in [0.29, 0.717) is 6.07 Å². The number of carbonyl (C=O) groups is 2. The summed E-state index contributed by atoms with van der Waals surface area (Å²) in [5, 5.41) is 13.4. The van der Waals surface area contributed by atoms with E-state index in [9.17, 15) is 28.5 Å². The zero-order valence-electron chi connectivity index (χ0n) is 14.2. The molecule has 0 radical (unpaired) electrons. The zero-order chi connectivity index (χ0) is 20.1. The second-order valence-electron chi connectivity index (χ2n) is 5.30. The number of hydrogen-bond donors (Lipinski definition) is 1. The summed E-state index contributed by atoms with van der Waals surface area (Å²) in [4.78, 5) is 34.0.